The van der Waals surface area contributed by atoms with E-state index in [1.807, 2.05) is 91.0 Å². The molecule has 0 unspecified atom stereocenters. The number of hydrogen-bond acceptors (Lipinski definition) is 3. The van der Waals surface area contributed by atoms with Crippen molar-refractivity contribution in [1.82, 2.24) is 14.5 Å². The molecule has 25 heavy (non-hydrogen) atoms. The zero-order valence-corrected chi connectivity index (χ0v) is 13.4. The minimum absolute atomic E-state index is 0.348. The number of rotatable bonds is 3. The maximum atomic E-state index is 12.8. The van der Waals surface area contributed by atoms with Crippen LogP contribution in [-0.2, 0) is 0 Å². The van der Waals surface area contributed by atoms with Crippen molar-refractivity contribution in [2.75, 3.05) is 0 Å². The zero-order chi connectivity index (χ0) is 17.1. The van der Waals surface area contributed by atoms with E-state index in [4.69, 9.17) is 4.98 Å². The van der Waals surface area contributed by atoms with Crippen LogP contribution in [0.25, 0.3) is 28.5 Å². The van der Waals surface area contributed by atoms with Gasteiger partial charge in [0.15, 0.2) is 11.6 Å². The fourth-order valence-corrected chi connectivity index (χ4v) is 2.71. The predicted octanol–water partition coefficient (Wildman–Crippen LogP) is 3.96. The standard InChI is InChI=1S/C21H15N3O/c25-21-23-19(16-10-4-1-5-11-16)22-20(17-12-6-2-7-13-17)24(21)18-14-8-3-9-15-18/h1-15H. The average molecular weight is 325 g/mol. The third-order valence-electron chi connectivity index (χ3n) is 3.89. The summed E-state index contributed by atoms with van der Waals surface area (Å²) in [4.78, 5) is 21.7. The third-order valence-corrected chi connectivity index (χ3v) is 3.89. The van der Waals surface area contributed by atoms with Crippen LogP contribution in [-0.4, -0.2) is 14.5 Å². The molecule has 1 heterocycles. The monoisotopic (exact) mass is 325 g/mol. The van der Waals surface area contributed by atoms with E-state index >= 15 is 0 Å². The van der Waals surface area contributed by atoms with Crippen molar-refractivity contribution in [3.8, 4) is 28.5 Å². The molecule has 0 amide bonds. The van der Waals surface area contributed by atoms with Gasteiger partial charge in [0.25, 0.3) is 0 Å². The first-order valence-electron chi connectivity index (χ1n) is 8.00. The first-order valence-corrected chi connectivity index (χ1v) is 8.00. The molecule has 3 aromatic carbocycles. The summed E-state index contributed by atoms with van der Waals surface area (Å²) in [6.07, 6.45) is 0. The Morgan fingerprint density at radius 3 is 1.72 bits per heavy atom. The molecule has 0 aliphatic carbocycles. The summed E-state index contributed by atoms with van der Waals surface area (Å²) in [6.45, 7) is 0. The second-order valence-electron chi connectivity index (χ2n) is 5.56. The molecule has 0 saturated carbocycles. The lowest BCUT2D eigenvalue weighted by Crippen LogP contribution is -2.25. The average Bonchev–Trinajstić information content (AvgIpc) is 2.69. The maximum Gasteiger partial charge on any atom is 0.355 e. The smallest absolute Gasteiger partial charge is 0.245 e. The predicted molar refractivity (Wildman–Crippen MR) is 98.5 cm³/mol. The van der Waals surface area contributed by atoms with Gasteiger partial charge in [-0.05, 0) is 12.1 Å². The molecule has 4 rings (SSSR count). The van der Waals surface area contributed by atoms with Crippen LogP contribution in [0, 0.1) is 0 Å². The number of benzene rings is 3. The summed E-state index contributed by atoms with van der Waals surface area (Å²) < 4.78 is 1.54. The molecule has 0 fully saturated rings. The maximum absolute atomic E-state index is 12.8. The molecule has 0 aliphatic heterocycles. The van der Waals surface area contributed by atoms with E-state index in [1.54, 1.807) is 4.57 Å². The van der Waals surface area contributed by atoms with Crippen LogP contribution in [0.2, 0.25) is 0 Å². The van der Waals surface area contributed by atoms with E-state index in [1.165, 1.54) is 0 Å². The Bertz CT molecular complexity index is 1040. The Morgan fingerprint density at radius 1 is 0.600 bits per heavy atom. The molecular formula is C21H15N3O. The van der Waals surface area contributed by atoms with Crippen LogP contribution < -0.4 is 5.69 Å². The van der Waals surface area contributed by atoms with Crippen molar-refractivity contribution in [1.29, 1.82) is 0 Å². The highest BCUT2D eigenvalue weighted by Crippen LogP contribution is 2.21. The van der Waals surface area contributed by atoms with Gasteiger partial charge >= 0.3 is 5.69 Å². The quantitative estimate of drug-likeness (QED) is 0.573. The van der Waals surface area contributed by atoms with Gasteiger partial charge in [0.05, 0.1) is 5.69 Å². The number of hydrogen-bond donors (Lipinski definition) is 0. The van der Waals surface area contributed by atoms with Crippen LogP contribution in [0.5, 0.6) is 0 Å². The van der Waals surface area contributed by atoms with Crippen molar-refractivity contribution in [3.63, 3.8) is 0 Å². The van der Waals surface area contributed by atoms with Crippen LogP contribution in [0.4, 0.5) is 0 Å². The van der Waals surface area contributed by atoms with Crippen LogP contribution >= 0.6 is 0 Å². The van der Waals surface area contributed by atoms with Gasteiger partial charge in [-0.1, -0.05) is 78.9 Å². The van der Waals surface area contributed by atoms with Crippen molar-refractivity contribution < 1.29 is 0 Å². The van der Waals surface area contributed by atoms with E-state index in [0.29, 0.717) is 11.6 Å². The van der Waals surface area contributed by atoms with Crippen molar-refractivity contribution >= 4 is 0 Å². The largest absolute Gasteiger partial charge is 0.355 e. The van der Waals surface area contributed by atoms with Crippen molar-refractivity contribution in [2.24, 2.45) is 0 Å². The first-order chi connectivity index (χ1) is 12.3. The Balaban J connectivity index is 2.01. The Morgan fingerprint density at radius 2 is 1.12 bits per heavy atom. The van der Waals surface area contributed by atoms with Gasteiger partial charge in [-0.3, -0.25) is 0 Å². The van der Waals surface area contributed by atoms with Crippen LogP contribution in [0.15, 0.2) is 95.8 Å². The molecule has 4 nitrogen and oxygen atoms in total. The van der Waals surface area contributed by atoms with E-state index in [9.17, 15) is 4.79 Å². The van der Waals surface area contributed by atoms with Gasteiger partial charge in [0.1, 0.15) is 0 Å². The molecule has 0 aliphatic rings. The lowest BCUT2D eigenvalue weighted by atomic mass is 10.2. The van der Waals surface area contributed by atoms with Gasteiger partial charge in [-0.25, -0.2) is 14.3 Å². The third kappa shape index (κ3) is 2.97. The summed E-state index contributed by atoms with van der Waals surface area (Å²) in [5.74, 6) is 1.00. The molecule has 0 bridgehead atoms. The first kappa shape index (κ1) is 15.0. The molecule has 0 N–H and O–H groups in total. The number of aromatic nitrogens is 3. The highest BCUT2D eigenvalue weighted by Gasteiger charge is 2.14. The van der Waals surface area contributed by atoms with E-state index < -0.39 is 0 Å². The van der Waals surface area contributed by atoms with Gasteiger partial charge < -0.3 is 0 Å². The Hall–Kier alpha value is -3.53. The van der Waals surface area contributed by atoms with Gasteiger partial charge in [0, 0.05) is 11.1 Å². The molecule has 4 aromatic rings. The summed E-state index contributed by atoms with van der Waals surface area (Å²) in [5.41, 5.74) is 2.07. The molecule has 4 heteroatoms. The summed E-state index contributed by atoms with van der Waals surface area (Å²) >= 11 is 0. The van der Waals surface area contributed by atoms with Gasteiger partial charge in [0.2, 0.25) is 0 Å². The van der Waals surface area contributed by atoms with Crippen molar-refractivity contribution in [3.05, 3.63) is 101 Å². The van der Waals surface area contributed by atoms with Crippen molar-refractivity contribution in [2.45, 2.75) is 0 Å². The van der Waals surface area contributed by atoms with Gasteiger partial charge in [-0.2, -0.15) is 4.98 Å². The van der Waals surface area contributed by atoms with Crippen LogP contribution in [0.1, 0.15) is 0 Å². The second kappa shape index (κ2) is 6.53. The minimum Gasteiger partial charge on any atom is -0.245 e. The minimum atomic E-state index is -0.348. The molecule has 120 valence electrons. The topological polar surface area (TPSA) is 47.8 Å². The zero-order valence-electron chi connectivity index (χ0n) is 13.4. The van der Waals surface area contributed by atoms with Crippen LogP contribution in [0.3, 0.4) is 0 Å². The lowest BCUT2D eigenvalue weighted by Gasteiger charge is -2.13. The normalized spacial score (nSPS) is 10.6. The summed E-state index contributed by atoms with van der Waals surface area (Å²) in [5, 5.41) is 0. The highest BCUT2D eigenvalue weighted by molar-refractivity contribution is 5.62. The summed E-state index contributed by atoms with van der Waals surface area (Å²) in [7, 11) is 0. The molecular weight excluding hydrogens is 310 g/mol. The number of nitrogens with zero attached hydrogens (tertiary/aromatic N) is 3. The van der Waals surface area contributed by atoms with E-state index in [0.717, 1.165) is 16.8 Å². The van der Waals surface area contributed by atoms with Gasteiger partial charge in [-0.15, -0.1) is 0 Å². The second-order valence-corrected chi connectivity index (χ2v) is 5.56. The fourth-order valence-electron chi connectivity index (χ4n) is 2.71. The number of para-hydroxylation sites is 1. The lowest BCUT2D eigenvalue weighted by molar-refractivity contribution is 0.877. The molecule has 0 atom stereocenters. The summed E-state index contributed by atoms with van der Waals surface area (Å²) in [6, 6.07) is 28.7. The van der Waals surface area contributed by atoms with E-state index in [2.05, 4.69) is 4.98 Å². The fraction of sp³-hybridized carbons (Fsp3) is 0. The molecule has 0 saturated heterocycles. The molecule has 0 spiro atoms. The highest BCUT2D eigenvalue weighted by atomic mass is 16.1. The molecule has 1 aromatic heterocycles. The Labute approximate surface area is 145 Å². The van der Waals surface area contributed by atoms with E-state index in [-0.39, 0.29) is 5.69 Å². The molecule has 0 radical (unpaired) electrons. The SMILES string of the molecule is O=c1nc(-c2ccccc2)nc(-c2ccccc2)n1-c1ccccc1. The Kier molecular flexibility index (Phi) is 3.92.